The van der Waals surface area contributed by atoms with Crippen LogP contribution in [0, 0.1) is 5.92 Å². The Morgan fingerprint density at radius 2 is 1.90 bits per heavy atom. The van der Waals surface area contributed by atoms with Crippen molar-refractivity contribution >= 4 is 17.5 Å². The van der Waals surface area contributed by atoms with Crippen LogP contribution >= 0.6 is 11.9 Å². The standard InChI is InChI=1S/C25H37F3N2S/c1-5-24(30-17-13-20(2)14-18-30)15-16-29(4)31-19-7-6-8-21(3)22-9-11-23(12-10-22)25(26,27)28/h6,8-12,20,24H,3,5,7,13-19H2,1-2,4H3/b8-6-. The lowest BCUT2D eigenvalue weighted by atomic mass is 9.96. The molecule has 1 heterocycles. The second-order valence-corrected chi connectivity index (χ2v) is 9.84. The van der Waals surface area contributed by atoms with Gasteiger partial charge in [0, 0.05) is 18.3 Å². The molecule has 6 heteroatoms. The number of benzene rings is 1. The lowest BCUT2D eigenvalue weighted by Crippen LogP contribution is -2.41. The molecule has 0 aromatic heterocycles. The zero-order valence-corrected chi connectivity index (χ0v) is 19.9. The normalized spacial score (nSPS) is 17.5. The summed E-state index contributed by atoms with van der Waals surface area (Å²) in [5.41, 5.74) is 0.813. The Bertz CT molecular complexity index is 692. The van der Waals surface area contributed by atoms with Crippen LogP contribution in [0.15, 0.2) is 43.0 Å². The lowest BCUT2D eigenvalue weighted by Gasteiger charge is -2.37. The lowest BCUT2D eigenvalue weighted by molar-refractivity contribution is -0.137. The maximum atomic E-state index is 12.7. The van der Waals surface area contributed by atoms with Gasteiger partial charge in [-0.2, -0.15) is 13.2 Å². The van der Waals surface area contributed by atoms with Crippen molar-refractivity contribution in [2.75, 3.05) is 32.4 Å². The van der Waals surface area contributed by atoms with Crippen LogP contribution < -0.4 is 0 Å². The maximum Gasteiger partial charge on any atom is 0.416 e. The van der Waals surface area contributed by atoms with E-state index in [1.54, 1.807) is 0 Å². The summed E-state index contributed by atoms with van der Waals surface area (Å²) in [5, 5.41) is 0. The molecule has 0 saturated carbocycles. The Kier molecular flexibility index (Phi) is 10.7. The molecule has 2 nitrogen and oxygen atoms in total. The third-order valence-electron chi connectivity index (χ3n) is 6.08. The van der Waals surface area contributed by atoms with Crippen molar-refractivity contribution in [1.29, 1.82) is 0 Å². The molecule has 1 atom stereocenters. The zero-order valence-electron chi connectivity index (χ0n) is 19.1. The molecule has 174 valence electrons. The number of allylic oxidation sites excluding steroid dienone is 3. The Labute approximate surface area is 190 Å². The van der Waals surface area contributed by atoms with Gasteiger partial charge in [0.05, 0.1) is 5.56 Å². The molecule has 1 aliphatic heterocycles. The fourth-order valence-electron chi connectivity index (χ4n) is 3.91. The van der Waals surface area contributed by atoms with E-state index >= 15 is 0 Å². The Hall–Kier alpha value is -1.24. The number of rotatable bonds is 11. The van der Waals surface area contributed by atoms with E-state index in [4.69, 9.17) is 0 Å². The minimum atomic E-state index is -4.30. The third kappa shape index (κ3) is 9.03. The van der Waals surface area contributed by atoms with Crippen LogP contribution in [0.1, 0.15) is 57.1 Å². The van der Waals surface area contributed by atoms with Crippen molar-refractivity contribution < 1.29 is 13.2 Å². The van der Waals surface area contributed by atoms with Crippen molar-refractivity contribution in [3.63, 3.8) is 0 Å². The first-order valence-corrected chi connectivity index (χ1v) is 12.3. The Morgan fingerprint density at radius 3 is 2.48 bits per heavy atom. The van der Waals surface area contributed by atoms with Gasteiger partial charge >= 0.3 is 6.18 Å². The highest BCUT2D eigenvalue weighted by Crippen LogP contribution is 2.30. The maximum absolute atomic E-state index is 12.7. The summed E-state index contributed by atoms with van der Waals surface area (Å²) in [6.07, 6.45) is 5.60. The molecule has 1 aromatic rings. The summed E-state index contributed by atoms with van der Waals surface area (Å²) in [5.74, 6) is 1.85. The van der Waals surface area contributed by atoms with Crippen molar-refractivity contribution in [3.05, 3.63) is 54.1 Å². The molecular formula is C25H37F3N2S. The van der Waals surface area contributed by atoms with Crippen LogP contribution in [-0.4, -0.2) is 47.7 Å². The summed E-state index contributed by atoms with van der Waals surface area (Å²) < 4.78 is 40.3. The topological polar surface area (TPSA) is 6.48 Å². The number of likely N-dealkylation sites (tertiary alicyclic amines) is 1. The van der Waals surface area contributed by atoms with Gasteiger partial charge in [0.25, 0.3) is 0 Å². The highest BCUT2D eigenvalue weighted by Gasteiger charge is 2.30. The minimum absolute atomic E-state index is 0.632. The molecule has 1 aliphatic rings. The number of alkyl halides is 3. The van der Waals surface area contributed by atoms with Gasteiger partial charge in [0.2, 0.25) is 0 Å². The summed E-state index contributed by atoms with van der Waals surface area (Å²) >= 11 is 1.84. The SMILES string of the molecule is C=C(/C=C\CCSN(C)CCC(CC)N1CCC(C)CC1)c1ccc(C(F)(F)F)cc1. The third-order valence-corrected chi connectivity index (χ3v) is 7.12. The van der Waals surface area contributed by atoms with Crippen molar-refractivity contribution in [1.82, 2.24) is 9.21 Å². The predicted octanol–water partition coefficient (Wildman–Crippen LogP) is 7.15. The molecule has 1 fully saturated rings. The number of halogens is 3. The van der Waals surface area contributed by atoms with Gasteiger partial charge in [-0.05, 0) is 81.4 Å². The molecule has 0 aliphatic carbocycles. The van der Waals surface area contributed by atoms with E-state index in [2.05, 4.69) is 36.7 Å². The molecule has 0 amide bonds. The van der Waals surface area contributed by atoms with E-state index in [0.29, 0.717) is 11.6 Å². The Balaban J connectivity index is 1.65. The van der Waals surface area contributed by atoms with Gasteiger partial charge in [0.1, 0.15) is 0 Å². The zero-order chi connectivity index (χ0) is 22.9. The molecule has 0 bridgehead atoms. The van der Waals surface area contributed by atoms with Crippen LogP contribution in [0.5, 0.6) is 0 Å². The fraction of sp³-hybridized carbons (Fsp3) is 0.600. The predicted molar refractivity (Wildman–Crippen MR) is 128 cm³/mol. The first-order chi connectivity index (χ1) is 14.7. The van der Waals surface area contributed by atoms with Gasteiger partial charge < -0.3 is 4.90 Å². The summed E-state index contributed by atoms with van der Waals surface area (Å²) in [4.78, 5) is 2.67. The summed E-state index contributed by atoms with van der Waals surface area (Å²) in [6.45, 7) is 12.2. The van der Waals surface area contributed by atoms with E-state index in [1.807, 2.05) is 24.1 Å². The quantitative estimate of drug-likeness (QED) is 0.199. The molecule has 0 spiro atoms. The van der Waals surface area contributed by atoms with Crippen LogP contribution in [0.3, 0.4) is 0 Å². The van der Waals surface area contributed by atoms with Crippen molar-refractivity contribution in [2.24, 2.45) is 5.92 Å². The molecule has 1 saturated heterocycles. The number of nitrogens with zero attached hydrogens (tertiary/aromatic N) is 2. The van der Waals surface area contributed by atoms with Crippen LogP contribution in [0.4, 0.5) is 13.2 Å². The Morgan fingerprint density at radius 1 is 1.26 bits per heavy atom. The largest absolute Gasteiger partial charge is 0.416 e. The minimum Gasteiger partial charge on any atom is -0.300 e. The average Bonchev–Trinajstić information content (AvgIpc) is 2.74. The summed E-state index contributed by atoms with van der Waals surface area (Å²) in [6, 6.07) is 5.85. The number of hydrogen-bond acceptors (Lipinski definition) is 3. The van der Waals surface area contributed by atoms with Crippen molar-refractivity contribution in [3.8, 4) is 0 Å². The van der Waals surface area contributed by atoms with Crippen molar-refractivity contribution in [2.45, 2.75) is 58.2 Å². The van der Waals surface area contributed by atoms with Gasteiger partial charge in [-0.1, -0.05) is 56.7 Å². The first kappa shape index (κ1) is 26.0. The fourth-order valence-corrected chi connectivity index (χ4v) is 4.69. The smallest absolute Gasteiger partial charge is 0.300 e. The first-order valence-electron chi connectivity index (χ1n) is 11.3. The van der Waals surface area contributed by atoms with Crippen LogP contribution in [0.25, 0.3) is 5.57 Å². The number of hydrogen-bond donors (Lipinski definition) is 0. The van der Waals surface area contributed by atoms with Gasteiger partial charge in [-0.25, -0.2) is 0 Å². The second-order valence-electron chi connectivity index (χ2n) is 8.55. The molecule has 0 radical (unpaired) electrons. The molecule has 0 N–H and O–H groups in total. The van der Waals surface area contributed by atoms with Crippen LogP contribution in [0.2, 0.25) is 0 Å². The summed E-state index contributed by atoms with van der Waals surface area (Å²) in [7, 11) is 2.15. The second kappa shape index (κ2) is 12.7. The van der Waals surface area contributed by atoms with E-state index in [1.165, 1.54) is 50.9 Å². The number of piperidine rings is 1. The monoisotopic (exact) mass is 454 g/mol. The van der Waals surface area contributed by atoms with E-state index in [-0.39, 0.29) is 0 Å². The van der Waals surface area contributed by atoms with Gasteiger partial charge in [0.15, 0.2) is 0 Å². The molecule has 31 heavy (non-hydrogen) atoms. The molecule has 1 aromatic carbocycles. The van der Waals surface area contributed by atoms with Gasteiger partial charge in [-0.15, -0.1) is 0 Å². The molecule has 1 unspecified atom stereocenters. The van der Waals surface area contributed by atoms with Crippen LogP contribution in [-0.2, 0) is 6.18 Å². The molecular weight excluding hydrogens is 417 g/mol. The molecule has 2 rings (SSSR count). The van der Waals surface area contributed by atoms with E-state index in [9.17, 15) is 13.2 Å². The van der Waals surface area contributed by atoms with E-state index in [0.717, 1.165) is 42.3 Å². The average molecular weight is 455 g/mol. The van der Waals surface area contributed by atoms with E-state index < -0.39 is 11.7 Å². The van der Waals surface area contributed by atoms with Gasteiger partial charge in [-0.3, -0.25) is 4.31 Å². The highest BCUT2D eigenvalue weighted by atomic mass is 32.2. The highest BCUT2D eigenvalue weighted by molar-refractivity contribution is 7.96.